The summed E-state index contributed by atoms with van der Waals surface area (Å²) < 4.78 is 0. The molecule has 0 radical (unpaired) electrons. The van der Waals surface area contributed by atoms with Gasteiger partial charge in [-0.3, -0.25) is 4.79 Å². The lowest BCUT2D eigenvalue weighted by molar-refractivity contribution is -0.121. The number of amides is 1. The molecule has 1 saturated carbocycles. The molecule has 4 heteroatoms. The van der Waals surface area contributed by atoms with E-state index in [1.165, 1.54) is 25.7 Å². The number of carbonyl (C=O) groups excluding carboxylic acids is 1. The van der Waals surface area contributed by atoms with Gasteiger partial charge >= 0.3 is 0 Å². The molecule has 0 saturated heterocycles. The Balaban J connectivity index is 1.68. The highest BCUT2D eigenvalue weighted by molar-refractivity contribution is 5.78. The summed E-state index contributed by atoms with van der Waals surface area (Å²) >= 11 is 0. The standard InChI is InChI=1S/C16H24N2O2/c19-15-10-6-5-7-13(15)11-17-12-16(20)18-14-8-3-1-2-4-9-14/h5-7,10,14,17,19H,1-4,8-9,11-12H2,(H,18,20). The Bertz CT molecular complexity index is 426. The van der Waals surface area contributed by atoms with Crippen molar-refractivity contribution in [3.63, 3.8) is 0 Å². The van der Waals surface area contributed by atoms with Crippen LogP contribution in [0.15, 0.2) is 24.3 Å². The summed E-state index contributed by atoms with van der Waals surface area (Å²) in [5, 5.41) is 15.8. The maximum absolute atomic E-state index is 11.9. The smallest absolute Gasteiger partial charge is 0.234 e. The number of nitrogens with one attached hydrogen (secondary N) is 2. The lowest BCUT2D eigenvalue weighted by Gasteiger charge is -2.16. The predicted octanol–water partition coefficient (Wildman–Crippen LogP) is 2.32. The Kier molecular flexibility index (Phi) is 5.87. The van der Waals surface area contributed by atoms with Crippen LogP contribution in [-0.2, 0) is 11.3 Å². The van der Waals surface area contributed by atoms with E-state index in [2.05, 4.69) is 10.6 Å². The van der Waals surface area contributed by atoms with Crippen LogP contribution < -0.4 is 10.6 Å². The molecule has 0 unspecified atom stereocenters. The van der Waals surface area contributed by atoms with E-state index >= 15 is 0 Å². The van der Waals surface area contributed by atoms with Crippen molar-refractivity contribution in [3.8, 4) is 5.75 Å². The number of para-hydroxylation sites is 1. The molecule has 0 aromatic heterocycles. The van der Waals surface area contributed by atoms with Crippen LogP contribution in [0.25, 0.3) is 0 Å². The molecule has 0 aliphatic heterocycles. The van der Waals surface area contributed by atoms with Crippen LogP contribution in [0.3, 0.4) is 0 Å². The number of phenolic OH excluding ortho intramolecular Hbond substituents is 1. The molecule has 1 aliphatic carbocycles. The van der Waals surface area contributed by atoms with Gasteiger partial charge in [0.05, 0.1) is 6.54 Å². The first-order valence-corrected chi connectivity index (χ1v) is 7.52. The second kappa shape index (κ2) is 7.90. The number of hydrogen-bond acceptors (Lipinski definition) is 3. The fourth-order valence-electron chi connectivity index (χ4n) is 2.67. The molecule has 4 nitrogen and oxygen atoms in total. The van der Waals surface area contributed by atoms with Crippen molar-refractivity contribution in [2.24, 2.45) is 0 Å². The molecular weight excluding hydrogens is 252 g/mol. The highest BCUT2D eigenvalue weighted by Crippen LogP contribution is 2.17. The SMILES string of the molecule is O=C(CNCc1ccccc1O)NC1CCCCCC1. The van der Waals surface area contributed by atoms with Gasteiger partial charge in [-0.15, -0.1) is 0 Å². The zero-order chi connectivity index (χ0) is 14.2. The molecule has 1 fully saturated rings. The Labute approximate surface area is 120 Å². The molecule has 0 heterocycles. The molecule has 20 heavy (non-hydrogen) atoms. The Morgan fingerprint density at radius 1 is 1.15 bits per heavy atom. The predicted molar refractivity (Wildman–Crippen MR) is 79.4 cm³/mol. The summed E-state index contributed by atoms with van der Waals surface area (Å²) in [5.74, 6) is 0.316. The van der Waals surface area contributed by atoms with Crippen LogP contribution in [0.5, 0.6) is 5.75 Å². The summed E-state index contributed by atoms with van der Waals surface area (Å²) in [5.41, 5.74) is 0.815. The van der Waals surface area contributed by atoms with Gasteiger partial charge in [0, 0.05) is 18.2 Å². The number of hydrogen-bond donors (Lipinski definition) is 3. The van der Waals surface area contributed by atoms with Crippen molar-refractivity contribution in [3.05, 3.63) is 29.8 Å². The van der Waals surface area contributed by atoms with E-state index in [0.717, 1.165) is 18.4 Å². The molecule has 0 atom stereocenters. The number of rotatable bonds is 5. The average Bonchev–Trinajstić information content (AvgIpc) is 2.69. The summed E-state index contributed by atoms with van der Waals surface area (Å²) in [6.07, 6.45) is 7.22. The maximum atomic E-state index is 11.9. The monoisotopic (exact) mass is 276 g/mol. The first-order chi connectivity index (χ1) is 9.75. The zero-order valence-corrected chi connectivity index (χ0v) is 11.9. The lowest BCUT2D eigenvalue weighted by atomic mass is 10.1. The molecule has 2 rings (SSSR count). The van der Waals surface area contributed by atoms with Crippen molar-refractivity contribution in [2.45, 2.75) is 51.1 Å². The highest BCUT2D eigenvalue weighted by atomic mass is 16.3. The van der Waals surface area contributed by atoms with Crippen molar-refractivity contribution < 1.29 is 9.90 Å². The van der Waals surface area contributed by atoms with E-state index in [4.69, 9.17) is 0 Å². The Hall–Kier alpha value is -1.55. The third kappa shape index (κ3) is 4.85. The summed E-state index contributed by atoms with van der Waals surface area (Å²) in [7, 11) is 0. The molecular formula is C16H24N2O2. The minimum Gasteiger partial charge on any atom is -0.508 e. The summed E-state index contributed by atoms with van der Waals surface area (Å²) in [6.45, 7) is 0.801. The second-order valence-corrected chi connectivity index (χ2v) is 5.49. The van der Waals surface area contributed by atoms with Crippen molar-refractivity contribution in [2.75, 3.05) is 6.54 Å². The molecule has 3 N–H and O–H groups in total. The molecule has 1 aromatic carbocycles. The Morgan fingerprint density at radius 3 is 2.55 bits per heavy atom. The molecule has 0 bridgehead atoms. The van der Waals surface area contributed by atoms with Gasteiger partial charge < -0.3 is 15.7 Å². The van der Waals surface area contributed by atoms with Gasteiger partial charge in [-0.25, -0.2) is 0 Å². The van der Waals surface area contributed by atoms with Crippen LogP contribution in [0, 0.1) is 0 Å². The van der Waals surface area contributed by atoms with Crippen molar-refractivity contribution in [1.82, 2.24) is 10.6 Å². The van der Waals surface area contributed by atoms with E-state index in [1.54, 1.807) is 12.1 Å². The first kappa shape index (κ1) is 14.9. The summed E-state index contributed by atoms with van der Waals surface area (Å²) in [6, 6.07) is 7.52. The van der Waals surface area contributed by atoms with Crippen LogP contribution in [0.2, 0.25) is 0 Å². The van der Waals surface area contributed by atoms with Gasteiger partial charge in [-0.1, -0.05) is 43.9 Å². The fraction of sp³-hybridized carbons (Fsp3) is 0.562. The van der Waals surface area contributed by atoms with Crippen LogP contribution in [0.4, 0.5) is 0 Å². The highest BCUT2D eigenvalue weighted by Gasteiger charge is 2.14. The molecule has 0 spiro atoms. The number of phenols is 1. The lowest BCUT2D eigenvalue weighted by Crippen LogP contribution is -2.40. The van der Waals surface area contributed by atoms with E-state index in [1.807, 2.05) is 12.1 Å². The molecule has 1 amide bonds. The molecule has 1 aromatic rings. The van der Waals surface area contributed by atoms with Crippen LogP contribution in [0.1, 0.15) is 44.1 Å². The third-order valence-electron chi connectivity index (χ3n) is 3.81. The van der Waals surface area contributed by atoms with Gasteiger partial charge in [0.2, 0.25) is 5.91 Å². The second-order valence-electron chi connectivity index (χ2n) is 5.49. The fourth-order valence-corrected chi connectivity index (χ4v) is 2.67. The van der Waals surface area contributed by atoms with Crippen molar-refractivity contribution in [1.29, 1.82) is 0 Å². The van der Waals surface area contributed by atoms with Crippen LogP contribution in [-0.4, -0.2) is 23.6 Å². The number of aromatic hydroxyl groups is 1. The van der Waals surface area contributed by atoms with E-state index in [-0.39, 0.29) is 11.7 Å². The van der Waals surface area contributed by atoms with Gasteiger partial charge in [-0.2, -0.15) is 0 Å². The topological polar surface area (TPSA) is 61.4 Å². The van der Waals surface area contributed by atoms with E-state index in [0.29, 0.717) is 19.1 Å². The number of benzene rings is 1. The van der Waals surface area contributed by atoms with Gasteiger partial charge in [0.25, 0.3) is 0 Å². The van der Waals surface area contributed by atoms with E-state index < -0.39 is 0 Å². The minimum absolute atomic E-state index is 0.0484. The van der Waals surface area contributed by atoms with E-state index in [9.17, 15) is 9.90 Å². The Morgan fingerprint density at radius 2 is 1.85 bits per heavy atom. The molecule has 110 valence electrons. The maximum Gasteiger partial charge on any atom is 0.234 e. The van der Waals surface area contributed by atoms with Gasteiger partial charge in [0.15, 0.2) is 0 Å². The van der Waals surface area contributed by atoms with Crippen LogP contribution >= 0.6 is 0 Å². The normalized spacial score (nSPS) is 16.6. The average molecular weight is 276 g/mol. The quantitative estimate of drug-likeness (QED) is 0.723. The van der Waals surface area contributed by atoms with Gasteiger partial charge in [-0.05, 0) is 18.9 Å². The third-order valence-corrected chi connectivity index (χ3v) is 3.81. The van der Waals surface area contributed by atoms with Gasteiger partial charge in [0.1, 0.15) is 5.75 Å². The zero-order valence-electron chi connectivity index (χ0n) is 11.9. The first-order valence-electron chi connectivity index (χ1n) is 7.52. The number of carbonyl (C=O) groups is 1. The minimum atomic E-state index is 0.0484. The van der Waals surface area contributed by atoms with Crippen molar-refractivity contribution >= 4 is 5.91 Å². The summed E-state index contributed by atoms with van der Waals surface area (Å²) in [4.78, 5) is 11.9. The largest absolute Gasteiger partial charge is 0.508 e. The molecule has 1 aliphatic rings.